The molecule has 8 nitrogen and oxygen atoms in total. The van der Waals surface area contributed by atoms with Gasteiger partial charge < -0.3 is 14.8 Å². The van der Waals surface area contributed by atoms with Crippen molar-refractivity contribution in [3.05, 3.63) is 65.2 Å². The molecule has 202 valence electrons. The summed E-state index contributed by atoms with van der Waals surface area (Å²) in [6.45, 7) is 9.54. The van der Waals surface area contributed by atoms with Crippen LogP contribution in [0.2, 0.25) is 5.02 Å². The highest BCUT2D eigenvalue weighted by molar-refractivity contribution is 6.33. The first-order chi connectivity index (χ1) is 18.9. The number of nitrogens with zero attached hydrogens (tertiary/aromatic N) is 4. The molecule has 0 atom stereocenters. The zero-order chi connectivity index (χ0) is 27.4. The highest BCUT2D eigenvalue weighted by Crippen LogP contribution is 2.34. The van der Waals surface area contributed by atoms with E-state index < -0.39 is 0 Å². The summed E-state index contributed by atoms with van der Waals surface area (Å²) in [6, 6.07) is 16.8. The molecule has 1 saturated heterocycles. The number of halogens is 1. The Morgan fingerprint density at radius 3 is 2.51 bits per heavy atom. The lowest BCUT2D eigenvalue weighted by atomic mass is 10.0. The number of nitrogens with one attached hydrogen (secondary N) is 1. The van der Waals surface area contributed by atoms with E-state index in [9.17, 15) is 4.79 Å². The smallest absolute Gasteiger partial charge is 0.313 e. The number of likely N-dealkylation sites (tertiary alicyclic amines) is 1. The minimum Gasteiger partial charge on any atom is -0.492 e. The van der Waals surface area contributed by atoms with E-state index in [1.54, 1.807) is 32.0 Å². The summed E-state index contributed by atoms with van der Waals surface area (Å²) in [4.78, 5) is 19.2. The van der Waals surface area contributed by atoms with Crippen LogP contribution >= 0.6 is 11.6 Å². The van der Waals surface area contributed by atoms with Gasteiger partial charge in [0.1, 0.15) is 23.6 Å². The predicted octanol–water partition coefficient (Wildman–Crippen LogP) is 6.43. The number of aromatic nitrogens is 3. The van der Waals surface area contributed by atoms with Gasteiger partial charge in [-0.3, -0.25) is 9.69 Å². The van der Waals surface area contributed by atoms with E-state index in [-0.39, 0.29) is 11.9 Å². The molecule has 0 amide bonds. The molecule has 1 aliphatic rings. The van der Waals surface area contributed by atoms with Crippen molar-refractivity contribution in [1.82, 2.24) is 20.1 Å². The molecule has 0 unspecified atom stereocenters. The number of rotatable bonds is 9. The van der Waals surface area contributed by atoms with Crippen molar-refractivity contribution in [3.8, 4) is 22.6 Å². The quantitative estimate of drug-likeness (QED) is 0.190. The number of aryl methyl sites for hydroxylation is 1. The van der Waals surface area contributed by atoms with Crippen molar-refractivity contribution in [2.75, 3.05) is 31.6 Å². The van der Waals surface area contributed by atoms with Crippen molar-refractivity contribution >= 4 is 40.2 Å². The number of hydrogen-bond donors (Lipinski definition) is 1. The second-order valence-corrected chi connectivity index (χ2v) is 10.5. The van der Waals surface area contributed by atoms with Gasteiger partial charge in [0.15, 0.2) is 0 Å². The molecule has 39 heavy (non-hydrogen) atoms. The van der Waals surface area contributed by atoms with E-state index >= 15 is 0 Å². The van der Waals surface area contributed by atoms with Crippen LogP contribution in [0, 0.1) is 12.8 Å². The molecule has 1 aromatic heterocycles. The van der Waals surface area contributed by atoms with Gasteiger partial charge in [-0.1, -0.05) is 25.4 Å². The fourth-order valence-electron chi connectivity index (χ4n) is 4.51. The standard InChI is InChI=1S/C30H32ClN5O3/c1-19(2)29(37)39-24-10-11-26(31)25(18-24)21-16-20(3)28-27(17-21)34-35-30(33-28)32-22-6-8-23(9-7-22)38-15-14-36-12-4-5-13-36/h6-11,16-19H,4-5,12-15H2,1-3H3,(H,32,33,35). The van der Waals surface area contributed by atoms with Crippen LogP contribution in [0.25, 0.3) is 22.2 Å². The van der Waals surface area contributed by atoms with Crippen LogP contribution < -0.4 is 14.8 Å². The van der Waals surface area contributed by atoms with E-state index in [0.717, 1.165) is 40.2 Å². The zero-order valence-electron chi connectivity index (χ0n) is 22.4. The van der Waals surface area contributed by atoms with Crippen LogP contribution in [0.5, 0.6) is 11.5 Å². The van der Waals surface area contributed by atoms with Crippen molar-refractivity contribution in [1.29, 1.82) is 0 Å². The number of carbonyl (C=O) groups is 1. The Balaban J connectivity index is 1.29. The molecule has 1 aliphatic heterocycles. The third-order valence-corrected chi connectivity index (χ3v) is 7.00. The largest absolute Gasteiger partial charge is 0.492 e. The van der Waals surface area contributed by atoms with Gasteiger partial charge in [0.2, 0.25) is 5.95 Å². The van der Waals surface area contributed by atoms with Gasteiger partial charge >= 0.3 is 5.97 Å². The average molecular weight is 546 g/mol. The summed E-state index contributed by atoms with van der Waals surface area (Å²) >= 11 is 6.50. The lowest BCUT2D eigenvalue weighted by Crippen LogP contribution is -2.25. The fourth-order valence-corrected chi connectivity index (χ4v) is 4.73. The third kappa shape index (κ3) is 6.64. The maximum atomic E-state index is 12.0. The third-order valence-electron chi connectivity index (χ3n) is 6.67. The molecule has 0 bridgehead atoms. The van der Waals surface area contributed by atoms with E-state index in [1.807, 2.05) is 43.3 Å². The van der Waals surface area contributed by atoms with Gasteiger partial charge in [0.05, 0.1) is 11.4 Å². The summed E-state index contributed by atoms with van der Waals surface area (Å²) in [5, 5.41) is 12.5. The Kier molecular flexibility index (Phi) is 8.24. The predicted molar refractivity (Wildman–Crippen MR) is 154 cm³/mol. The molecule has 2 heterocycles. The van der Waals surface area contributed by atoms with Crippen molar-refractivity contribution in [3.63, 3.8) is 0 Å². The lowest BCUT2D eigenvalue weighted by molar-refractivity contribution is -0.137. The summed E-state index contributed by atoms with van der Waals surface area (Å²) in [5.74, 6) is 1.15. The molecule has 1 fully saturated rings. The lowest BCUT2D eigenvalue weighted by Gasteiger charge is -2.15. The van der Waals surface area contributed by atoms with Crippen LogP contribution in [-0.4, -0.2) is 52.3 Å². The summed E-state index contributed by atoms with van der Waals surface area (Å²) in [6.07, 6.45) is 2.57. The molecule has 5 rings (SSSR count). The first-order valence-electron chi connectivity index (χ1n) is 13.2. The minimum absolute atomic E-state index is 0.230. The van der Waals surface area contributed by atoms with E-state index in [1.165, 1.54) is 25.9 Å². The van der Waals surface area contributed by atoms with E-state index in [4.69, 9.17) is 26.1 Å². The summed E-state index contributed by atoms with van der Waals surface area (Å²) < 4.78 is 11.4. The van der Waals surface area contributed by atoms with Gasteiger partial charge in [0.25, 0.3) is 0 Å². The SMILES string of the molecule is Cc1cc(-c2cc(OC(=O)C(C)C)ccc2Cl)cc2nnc(Nc3ccc(OCCN4CCCC4)cc3)nc12. The fraction of sp³-hybridized carbons (Fsp3) is 0.333. The first-order valence-corrected chi connectivity index (χ1v) is 13.6. The van der Waals surface area contributed by atoms with Gasteiger partial charge in [0, 0.05) is 22.8 Å². The van der Waals surface area contributed by atoms with Crippen LogP contribution in [0.1, 0.15) is 32.3 Å². The van der Waals surface area contributed by atoms with Crippen molar-refractivity contribution in [2.24, 2.45) is 5.92 Å². The second kappa shape index (κ2) is 12.0. The van der Waals surface area contributed by atoms with Crippen molar-refractivity contribution < 1.29 is 14.3 Å². The van der Waals surface area contributed by atoms with Gasteiger partial charge in [-0.25, -0.2) is 4.98 Å². The average Bonchev–Trinajstić information content (AvgIpc) is 3.44. The normalized spacial score (nSPS) is 13.7. The molecule has 0 saturated carbocycles. The van der Waals surface area contributed by atoms with E-state index in [0.29, 0.717) is 28.8 Å². The van der Waals surface area contributed by atoms with Gasteiger partial charge in [-0.05, 0) is 98.6 Å². The molecule has 0 aliphatic carbocycles. The molecule has 1 N–H and O–H groups in total. The maximum Gasteiger partial charge on any atom is 0.313 e. The zero-order valence-corrected chi connectivity index (χ0v) is 23.2. The molecule has 0 spiro atoms. The number of carbonyl (C=O) groups excluding carboxylic acids is 1. The Morgan fingerprint density at radius 2 is 1.77 bits per heavy atom. The molecule has 3 aromatic carbocycles. The van der Waals surface area contributed by atoms with Crippen LogP contribution in [0.4, 0.5) is 11.6 Å². The number of benzene rings is 3. The highest BCUT2D eigenvalue weighted by atomic mass is 35.5. The monoisotopic (exact) mass is 545 g/mol. The Hall–Kier alpha value is -3.75. The molecular weight excluding hydrogens is 514 g/mol. The molecular formula is C30H32ClN5O3. The number of hydrogen-bond acceptors (Lipinski definition) is 8. The van der Waals surface area contributed by atoms with Crippen LogP contribution in [-0.2, 0) is 4.79 Å². The van der Waals surface area contributed by atoms with Crippen LogP contribution in [0.15, 0.2) is 54.6 Å². The Morgan fingerprint density at radius 1 is 1.03 bits per heavy atom. The van der Waals surface area contributed by atoms with Crippen LogP contribution in [0.3, 0.4) is 0 Å². The second-order valence-electron chi connectivity index (χ2n) is 10.1. The highest BCUT2D eigenvalue weighted by Gasteiger charge is 2.15. The molecule has 0 radical (unpaired) electrons. The molecule has 9 heteroatoms. The first kappa shape index (κ1) is 26.8. The number of fused-ring (bicyclic) bond motifs is 1. The van der Waals surface area contributed by atoms with Crippen molar-refractivity contribution in [2.45, 2.75) is 33.6 Å². The summed E-state index contributed by atoms with van der Waals surface area (Å²) in [7, 11) is 0. The Bertz CT molecular complexity index is 1470. The number of anilines is 2. The Labute approximate surface area is 233 Å². The molecule has 4 aromatic rings. The number of ether oxygens (including phenoxy) is 2. The topological polar surface area (TPSA) is 89.5 Å². The van der Waals surface area contributed by atoms with E-state index in [2.05, 4.69) is 20.4 Å². The minimum atomic E-state index is -0.298. The maximum absolute atomic E-state index is 12.0. The number of esters is 1. The summed E-state index contributed by atoms with van der Waals surface area (Å²) in [5.41, 5.74) is 4.71. The van der Waals surface area contributed by atoms with Gasteiger partial charge in [-0.2, -0.15) is 0 Å². The van der Waals surface area contributed by atoms with Gasteiger partial charge in [-0.15, -0.1) is 10.2 Å².